The van der Waals surface area contributed by atoms with Gasteiger partial charge < -0.3 is 4.90 Å². The molecule has 0 radical (unpaired) electrons. The van der Waals surface area contributed by atoms with Crippen molar-refractivity contribution in [1.82, 2.24) is 9.88 Å². The quantitative estimate of drug-likeness (QED) is 0.491. The SMILES string of the molecule is CN(CCc1ccccn1)C(=O)CS[C@@H]1CCCC[C@H]1SCc1ccccc1Cl. The molecule has 1 aliphatic rings. The Morgan fingerprint density at radius 1 is 1.10 bits per heavy atom. The van der Waals surface area contributed by atoms with Crippen LogP contribution in [0, 0.1) is 0 Å². The molecule has 1 amide bonds. The molecule has 0 N–H and O–H groups in total. The summed E-state index contributed by atoms with van der Waals surface area (Å²) in [6.07, 6.45) is 7.59. The van der Waals surface area contributed by atoms with Crippen molar-refractivity contribution in [3.05, 3.63) is 64.9 Å². The second-order valence-corrected chi connectivity index (χ2v) is 10.3. The summed E-state index contributed by atoms with van der Waals surface area (Å²) in [5.41, 5.74) is 2.24. The fraction of sp³-hybridized carbons (Fsp3) is 0.478. The van der Waals surface area contributed by atoms with Gasteiger partial charge in [-0.15, -0.1) is 11.8 Å². The third kappa shape index (κ3) is 7.23. The third-order valence-corrected chi connectivity index (χ3v) is 8.75. The largest absolute Gasteiger partial charge is 0.345 e. The van der Waals surface area contributed by atoms with Gasteiger partial charge in [-0.1, -0.05) is 48.7 Å². The van der Waals surface area contributed by atoms with Gasteiger partial charge in [0.1, 0.15) is 0 Å². The molecule has 0 unspecified atom stereocenters. The van der Waals surface area contributed by atoms with Crippen molar-refractivity contribution in [2.24, 2.45) is 0 Å². The van der Waals surface area contributed by atoms with Crippen LogP contribution in [0.3, 0.4) is 0 Å². The third-order valence-electron chi connectivity index (χ3n) is 5.33. The summed E-state index contributed by atoms with van der Waals surface area (Å²) in [6, 6.07) is 14.0. The zero-order valence-electron chi connectivity index (χ0n) is 16.9. The summed E-state index contributed by atoms with van der Waals surface area (Å²) in [4.78, 5) is 18.8. The summed E-state index contributed by atoms with van der Waals surface area (Å²) in [6.45, 7) is 0.714. The fourth-order valence-corrected chi connectivity index (χ4v) is 6.84. The average Bonchev–Trinajstić information content (AvgIpc) is 2.76. The van der Waals surface area contributed by atoms with Crippen LogP contribution in [0.15, 0.2) is 48.7 Å². The molecular weight excluding hydrogens is 420 g/mol. The van der Waals surface area contributed by atoms with E-state index >= 15 is 0 Å². The molecule has 3 nitrogen and oxygen atoms in total. The average molecular weight is 449 g/mol. The number of aromatic nitrogens is 1. The van der Waals surface area contributed by atoms with Gasteiger partial charge in [-0.05, 0) is 36.6 Å². The fourth-order valence-electron chi connectivity index (χ4n) is 3.50. The predicted octanol–water partition coefficient (Wildman–Crippen LogP) is 5.71. The first-order valence-corrected chi connectivity index (χ1v) is 12.7. The maximum atomic E-state index is 12.6. The lowest BCUT2D eigenvalue weighted by molar-refractivity contribution is -0.127. The molecule has 0 aliphatic heterocycles. The van der Waals surface area contributed by atoms with Gasteiger partial charge in [-0.25, -0.2) is 0 Å². The van der Waals surface area contributed by atoms with Crippen molar-refractivity contribution in [1.29, 1.82) is 0 Å². The molecule has 29 heavy (non-hydrogen) atoms. The normalized spacial score (nSPS) is 19.1. The lowest BCUT2D eigenvalue weighted by Gasteiger charge is -2.31. The van der Waals surface area contributed by atoms with Crippen molar-refractivity contribution in [2.45, 2.75) is 48.4 Å². The second-order valence-electron chi connectivity index (χ2n) is 7.46. The molecule has 1 aromatic heterocycles. The minimum Gasteiger partial charge on any atom is -0.345 e. The second kappa shape index (κ2) is 11.9. The van der Waals surface area contributed by atoms with Crippen LogP contribution < -0.4 is 0 Å². The Hall–Kier alpha value is -1.17. The van der Waals surface area contributed by atoms with E-state index in [1.165, 1.54) is 31.2 Å². The van der Waals surface area contributed by atoms with Gasteiger partial charge >= 0.3 is 0 Å². The van der Waals surface area contributed by atoms with Crippen molar-refractivity contribution >= 4 is 41.0 Å². The zero-order valence-corrected chi connectivity index (χ0v) is 19.3. The number of amides is 1. The van der Waals surface area contributed by atoms with Gasteiger partial charge in [-0.2, -0.15) is 11.8 Å². The Bertz CT molecular complexity index is 774. The Balaban J connectivity index is 1.44. The van der Waals surface area contributed by atoms with E-state index in [9.17, 15) is 4.79 Å². The number of halogens is 1. The Morgan fingerprint density at radius 3 is 2.55 bits per heavy atom. The number of hydrogen-bond acceptors (Lipinski definition) is 4. The molecule has 1 aromatic carbocycles. The predicted molar refractivity (Wildman–Crippen MR) is 127 cm³/mol. The summed E-state index contributed by atoms with van der Waals surface area (Å²) >= 11 is 10.2. The van der Waals surface area contributed by atoms with E-state index in [0.29, 0.717) is 22.8 Å². The number of rotatable bonds is 9. The molecule has 1 heterocycles. The van der Waals surface area contributed by atoms with E-state index in [1.807, 2.05) is 71.9 Å². The smallest absolute Gasteiger partial charge is 0.232 e. The van der Waals surface area contributed by atoms with Gasteiger partial charge in [-0.3, -0.25) is 9.78 Å². The van der Waals surface area contributed by atoms with Gasteiger partial charge in [0.05, 0.1) is 5.75 Å². The minimum atomic E-state index is 0.214. The zero-order chi connectivity index (χ0) is 20.5. The maximum absolute atomic E-state index is 12.6. The van der Waals surface area contributed by atoms with Gasteiger partial charge in [0.2, 0.25) is 5.91 Å². The van der Waals surface area contributed by atoms with Crippen molar-refractivity contribution in [2.75, 3.05) is 19.3 Å². The number of thioether (sulfide) groups is 2. The number of hydrogen-bond donors (Lipinski definition) is 0. The first-order valence-electron chi connectivity index (χ1n) is 10.2. The number of benzene rings is 1. The lowest BCUT2D eigenvalue weighted by atomic mass is 10.00. The van der Waals surface area contributed by atoms with E-state index in [2.05, 4.69) is 11.1 Å². The van der Waals surface area contributed by atoms with Crippen LogP contribution in [0.4, 0.5) is 0 Å². The summed E-state index contributed by atoms with van der Waals surface area (Å²) in [7, 11) is 1.90. The maximum Gasteiger partial charge on any atom is 0.232 e. The van der Waals surface area contributed by atoms with Gasteiger partial charge in [0.15, 0.2) is 0 Å². The topological polar surface area (TPSA) is 33.2 Å². The van der Waals surface area contributed by atoms with E-state index in [-0.39, 0.29) is 5.91 Å². The van der Waals surface area contributed by atoms with Crippen LogP contribution in [0.2, 0.25) is 5.02 Å². The molecular formula is C23H29ClN2OS2. The monoisotopic (exact) mass is 448 g/mol. The number of carbonyl (C=O) groups is 1. The van der Waals surface area contributed by atoms with Crippen molar-refractivity contribution < 1.29 is 4.79 Å². The van der Waals surface area contributed by atoms with Gasteiger partial charge in [0.25, 0.3) is 0 Å². The lowest BCUT2D eigenvalue weighted by Crippen LogP contribution is -2.32. The highest BCUT2D eigenvalue weighted by Gasteiger charge is 2.27. The molecule has 2 atom stereocenters. The van der Waals surface area contributed by atoms with Crippen LogP contribution in [0.1, 0.15) is 36.9 Å². The standard InChI is InChI=1S/C23H29ClN2OS2/c1-26(15-13-19-9-6-7-14-25-19)23(27)17-29-22-12-5-4-11-21(22)28-16-18-8-2-3-10-20(18)24/h2-3,6-10,14,21-22H,4-5,11-13,15-17H2,1H3/t21-,22-/m1/s1. The number of pyridine rings is 1. The molecule has 1 fully saturated rings. The minimum absolute atomic E-state index is 0.214. The summed E-state index contributed by atoms with van der Waals surface area (Å²) < 4.78 is 0. The molecule has 0 bridgehead atoms. The van der Waals surface area contributed by atoms with E-state index < -0.39 is 0 Å². The van der Waals surface area contributed by atoms with Crippen molar-refractivity contribution in [3.63, 3.8) is 0 Å². The molecule has 156 valence electrons. The molecule has 0 spiro atoms. The molecule has 1 saturated carbocycles. The highest BCUT2D eigenvalue weighted by molar-refractivity contribution is 8.03. The van der Waals surface area contributed by atoms with Crippen molar-refractivity contribution in [3.8, 4) is 0 Å². The Morgan fingerprint density at radius 2 is 1.83 bits per heavy atom. The summed E-state index contributed by atoms with van der Waals surface area (Å²) in [5, 5.41) is 1.99. The molecule has 3 rings (SSSR count). The van der Waals surface area contributed by atoms with Gasteiger partial charge in [0, 0.05) is 53.2 Å². The van der Waals surface area contributed by atoms with E-state index in [1.54, 1.807) is 6.20 Å². The first-order chi connectivity index (χ1) is 14.1. The number of carbonyl (C=O) groups excluding carboxylic acids is 1. The van der Waals surface area contributed by atoms with Crippen LogP contribution in [-0.2, 0) is 17.0 Å². The van der Waals surface area contributed by atoms with Crippen LogP contribution in [0.5, 0.6) is 0 Å². The Labute approximate surface area is 188 Å². The van der Waals surface area contributed by atoms with E-state index in [0.717, 1.165) is 22.9 Å². The van der Waals surface area contributed by atoms with Crippen LogP contribution in [-0.4, -0.2) is 45.6 Å². The summed E-state index contributed by atoms with van der Waals surface area (Å²) in [5.74, 6) is 1.72. The molecule has 0 saturated heterocycles. The molecule has 1 aliphatic carbocycles. The highest BCUT2D eigenvalue weighted by atomic mass is 35.5. The Kier molecular flexibility index (Phi) is 9.22. The number of nitrogens with zero attached hydrogens (tertiary/aromatic N) is 2. The highest BCUT2D eigenvalue weighted by Crippen LogP contribution is 2.38. The first kappa shape index (κ1) is 22.5. The van der Waals surface area contributed by atoms with Crippen LogP contribution in [0.25, 0.3) is 0 Å². The molecule has 2 aromatic rings. The molecule has 6 heteroatoms. The number of likely N-dealkylation sites (N-methyl/N-ethyl adjacent to an activating group) is 1. The van der Waals surface area contributed by atoms with Crippen LogP contribution >= 0.6 is 35.1 Å². The van der Waals surface area contributed by atoms with E-state index in [4.69, 9.17) is 11.6 Å².